The van der Waals surface area contributed by atoms with Gasteiger partial charge in [0.1, 0.15) is 0 Å². The van der Waals surface area contributed by atoms with Gasteiger partial charge in [-0.25, -0.2) is 4.79 Å². The Bertz CT molecular complexity index is 426. The third-order valence-corrected chi connectivity index (χ3v) is 3.19. The van der Waals surface area contributed by atoms with Gasteiger partial charge in [0.15, 0.2) is 0 Å². The first-order chi connectivity index (χ1) is 8.65. The minimum atomic E-state index is -0.131. The molecule has 0 radical (unpaired) electrons. The molecule has 0 bridgehead atoms. The van der Waals surface area contributed by atoms with Gasteiger partial charge in [-0.05, 0) is 38.3 Å². The highest BCUT2D eigenvalue weighted by molar-refractivity contribution is 5.90. The van der Waals surface area contributed by atoms with Crippen LogP contribution in [0.5, 0.6) is 0 Å². The molecule has 0 aliphatic carbocycles. The molecule has 18 heavy (non-hydrogen) atoms. The van der Waals surface area contributed by atoms with Crippen LogP contribution in [0.2, 0.25) is 0 Å². The molecule has 0 aromatic heterocycles. The zero-order chi connectivity index (χ0) is 13.0. The molecule has 1 fully saturated rings. The Morgan fingerprint density at radius 1 is 1.28 bits per heavy atom. The molecule has 2 amide bonds. The summed E-state index contributed by atoms with van der Waals surface area (Å²) in [6, 6.07) is 6.09. The fourth-order valence-electron chi connectivity index (χ4n) is 2.14. The average Bonchev–Trinajstić information content (AvgIpc) is 2.34. The SMILES string of the molecule is Cc1ccc(NC(=O)NC2CCOCC2)c(C)c1. The Balaban J connectivity index is 1.90. The Labute approximate surface area is 108 Å². The highest BCUT2D eigenvalue weighted by Crippen LogP contribution is 2.16. The molecule has 4 heteroatoms. The van der Waals surface area contributed by atoms with E-state index in [9.17, 15) is 4.79 Å². The smallest absolute Gasteiger partial charge is 0.319 e. The van der Waals surface area contributed by atoms with Crippen molar-refractivity contribution in [3.05, 3.63) is 29.3 Å². The molecule has 0 atom stereocenters. The maximum absolute atomic E-state index is 11.9. The van der Waals surface area contributed by atoms with Crippen LogP contribution in [0.1, 0.15) is 24.0 Å². The van der Waals surface area contributed by atoms with Crippen LogP contribution in [0.3, 0.4) is 0 Å². The fourth-order valence-corrected chi connectivity index (χ4v) is 2.14. The molecule has 1 aliphatic heterocycles. The molecule has 98 valence electrons. The topological polar surface area (TPSA) is 50.4 Å². The lowest BCUT2D eigenvalue weighted by molar-refractivity contribution is 0.0806. The Hall–Kier alpha value is -1.55. The van der Waals surface area contributed by atoms with E-state index in [2.05, 4.69) is 16.7 Å². The van der Waals surface area contributed by atoms with E-state index in [0.29, 0.717) is 0 Å². The molecular formula is C14H20N2O2. The number of aryl methyl sites for hydroxylation is 2. The predicted octanol–water partition coefficient (Wildman–Crippen LogP) is 2.60. The monoisotopic (exact) mass is 248 g/mol. The van der Waals surface area contributed by atoms with Gasteiger partial charge in [0, 0.05) is 24.9 Å². The highest BCUT2D eigenvalue weighted by Gasteiger charge is 2.16. The first-order valence-corrected chi connectivity index (χ1v) is 6.37. The number of anilines is 1. The molecule has 1 aromatic rings. The van der Waals surface area contributed by atoms with Gasteiger partial charge in [-0.15, -0.1) is 0 Å². The van der Waals surface area contributed by atoms with E-state index in [-0.39, 0.29) is 12.1 Å². The van der Waals surface area contributed by atoms with Crippen LogP contribution in [-0.2, 0) is 4.74 Å². The number of rotatable bonds is 2. The van der Waals surface area contributed by atoms with Crippen molar-refractivity contribution in [1.29, 1.82) is 0 Å². The quantitative estimate of drug-likeness (QED) is 0.845. The maximum Gasteiger partial charge on any atom is 0.319 e. The van der Waals surface area contributed by atoms with Gasteiger partial charge in [-0.1, -0.05) is 17.7 Å². The van der Waals surface area contributed by atoms with E-state index in [0.717, 1.165) is 37.3 Å². The lowest BCUT2D eigenvalue weighted by Crippen LogP contribution is -2.41. The van der Waals surface area contributed by atoms with Gasteiger partial charge in [0.05, 0.1) is 0 Å². The average molecular weight is 248 g/mol. The van der Waals surface area contributed by atoms with Crippen molar-refractivity contribution in [2.45, 2.75) is 32.7 Å². The lowest BCUT2D eigenvalue weighted by Gasteiger charge is -2.23. The maximum atomic E-state index is 11.9. The lowest BCUT2D eigenvalue weighted by atomic mass is 10.1. The van der Waals surface area contributed by atoms with Gasteiger partial charge in [-0.2, -0.15) is 0 Å². The Morgan fingerprint density at radius 3 is 2.67 bits per heavy atom. The summed E-state index contributed by atoms with van der Waals surface area (Å²) in [6.07, 6.45) is 1.78. The van der Waals surface area contributed by atoms with Gasteiger partial charge < -0.3 is 15.4 Å². The number of hydrogen-bond donors (Lipinski definition) is 2. The molecule has 1 aromatic carbocycles. The molecule has 2 rings (SSSR count). The van der Waals surface area contributed by atoms with Crippen LogP contribution < -0.4 is 10.6 Å². The Kier molecular flexibility index (Phi) is 4.20. The minimum absolute atomic E-state index is 0.131. The zero-order valence-corrected chi connectivity index (χ0v) is 11.0. The summed E-state index contributed by atoms with van der Waals surface area (Å²) in [4.78, 5) is 11.9. The van der Waals surface area contributed by atoms with Crippen LogP contribution >= 0.6 is 0 Å². The highest BCUT2D eigenvalue weighted by atomic mass is 16.5. The number of nitrogens with one attached hydrogen (secondary N) is 2. The minimum Gasteiger partial charge on any atom is -0.381 e. The second kappa shape index (κ2) is 5.87. The molecule has 0 saturated carbocycles. The van der Waals surface area contributed by atoms with E-state index < -0.39 is 0 Å². The van der Waals surface area contributed by atoms with Crippen molar-refractivity contribution >= 4 is 11.7 Å². The van der Waals surface area contributed by atoms with Crippen LogP contribution in [-0.4, -0.2) is 25.3 Å². The summed E-state index contributed by atoms with van der Waals surface area (Å²) in [6.45, 7) is 5.50. The van der Waals surface area contributed by atoms with Crippen molar-refractivity contribution in [2.75, 3.05) is 18.5 Å². The second-order valence-corrected chi connectivity index (χ2v) is 4.80. The first-order valence-electron chi connectivity index (χ1n) is 6.37. The molecule has 1 saturated heterocycles. The van der Waals surface area contributed by atoms with Crippen LogP contribution in [0.15, 0.2) is 18.2 Å². The normalized spacial score (nSPS) is 16.3. The summed E-state index contributed by atoms with van der Waals surface area (Å²) in [5.41, 5.74) is 3.14. The number of urea groups is 1. The van der Waals surface area contributed by atoms with Crippen LogP contribution in [0.25, 0.3) is 0 Å². The molecule has 0 unspecified atom stereocenters. The number of carbonyl (C=O) groups excluding carboxylic acids is 1. The predicted molar refractivity (Wildman–Crippen MR) is 71.9 cm³/mol. The van der Waals surface area contributed by atoms with Crippen LogP contribution in [0, 0.1) is 13.8 Å². The van der Waals surface area contributed by atoms with E-state index in [1.807, 2.05) is 26.0 Å². The largest absolute Gasteiger partial charge is 0.381 e. The number of carbonyl (C=O) groups is 1. The molecule has 1 aliphatic rings. The van der Waals surface area contributed by atoms with Gasteiger partial charge >= 0.3 is 6.03 Å². The zero-order valence-electron chi connectivity index (χ0n) is 11.0. The standard InChI is InChI=1S/C14H20N2O2/c1-10-3-4-13(11(2)9-10)16-14(17)15-12-5-7-18-8-6-12/h3-4,9,12H,5-8H2,1-2H3,(H2,15,16,17). The summed E-state index contributed by atoms with van der Waals surface area (Å²) < 4.78 is 5.26. The number of hydrogen-bond acceptors (Lipinski definition) is 2. The summed E-state index contributed by atoms with van der Waals surface area (Å²) in [7, 11) is 0. The number of benzene rings is 1. The summed E-state index contributed by atoms with van der Waals surface area (Å²) >= 11 is 0. The molecular weight excluding hydrogens is 228 g/mol. The third-order valence-electron chi connectivity index (χ3n) is 3.19. The first kappa shape index (κ1) is 12.9. The Morgan fingerprint density at radius 2 is 2.00 bits per heavy atom. The second-order valence-electron chi connectivity index (χ2n) is 4.80. The van der Waals surface area contributed by atoms with Gasteiger partial charge in [0.2, 0.25) is 0 Å². The number of amides is 2. The van der Waals surface area contributed by atoms with Crippen molar-refractivity contribution < 1.29 is 9.53 Å². The van der Waals surface area contributed by atoms with Crippen molar-refractivity contribution in [3.63, 3.8) is 0 Å². The summed E-state index contributed by atoms with van der Waals surface area (Å²) in [5.74, 6) is 0. The third kappa shape index (κ3) is 3.47. The fraction of sp³-hybridized carbons (Fsp3) is 0.500. The van der Waals surface area contributed by atoms with Crippen LogP contribution in [0.4, 0.5) is 10.5 Å². The van der Waals surface area contributed by atoms with E-state index in [1.54, 1.807) is 0 Å². The van der Waals surface area contributed by atoms with Crippen molar-refractivity contribution in [3.8, 4) is 0 Å². The number of ether oxygens (including phenoxy) is 1. The van der Waals surface area contributed by atoms with Gasteiger partial charge in [-0.3, -0.25) is 0 Å². The van der Waals surface area contributed by atoms with E-state index in [1.165, 1.54) is 5.56 Å². The molecule has 2 N–H and O–H groups in total. The van der Waals surface area contributed by atoms with Crippen molar-refractivity contribution in [2.24, 2.45) is 0 Å². The molecule has 4 nitrogen and oxygen atoms in total. The molecule has 0 spiro atoms. The van der Waals surface area contributed by atoms with E-state index in [4.69, 9.17) is 4.74 Å². The van der Waals surface area contributed by atoms with E-state index >= 15 is 0 Å². The van der Waals surface area contributed by atoms with Gasteiger partial charge in [0.25, 0.3) is 0 Å². The molecule has 1 heterocycles. The summed E-state index contributed by atoms with van der Waals surface area (Å²) in [5, 5.41) is 5.87. The van der Waals surface area contributed by atoms with Crippen molar-refractivity contribution in [1.82, 2.24) is 5.32 Å².